The van der Waals surface area contributed by atoms with Crippen LogP contribution in [0.5, 0.6) is 0 Å². The molecule has 0 aromatic rings. The number of alkyl halides is 4. The van der Waals surface area contributed by atoms with Gasteiger partial charge in [0.15, 0.2) is 6.17 Å². The van der Waals surface area contributed by atoms with Gasteiger partial charge in [-0.05, 0) is 5.92 Å². The number of halogens is 4. The summed E-state index contributed by atoms with van der Waals surface area (Å²) in [6, 6.07) is 0. The maximum absolute atomic E-state index is 11.9. The average molecular weight is 144 g/mol. The Balaban J connectivity index is 3.88. The van der Waals surface area contributed by atoms with E-state index in [1.54, 1.807) is 0 Å². The summed E-state index contributed by atoms with van der Waals surface area (Å²) >= 11 is 0. The topological polar surface area (TPSA) is 0 Å². The quantitative estimate of drug-likeness (QED) is 0.496. The molecule has 0 heterocycles. The van der Waals surface area contributed by atoms with Gasteiger partial charge in [-0.2, -0.15) is 13.2 Å². The smallest absolute Gasteiger partial charge is 0.237 e. The van der Waals surface area contributed by atoms with Crippen molar-refractivity contribution < 1.29 is 17.6 Å². The van der Waals surface area contributed by atoms with Gasteiger partial charge in [-0.1, -0.05) is 13.8 Å². The standard InChI is InChI=1S/C5H8F4/c1-3(2)4(6)5(7,8)9/h3-4H,1-2H3. The lowest BCUT2D eigenvalue weighted by Gasteiger charge is -2.14. The fourth-order valence-corrected chi connectivity index (χ4v) is 0.378. The molecule has 0 nitrogen and oxygen atoms in total. The monoisotopic (exact) mass is 144 g/mol. The fourth-order valence-electron chi connectivity index (χ4n) is 0.378. The Labute approximate surface area is 50.9 Å². The zero-order chi connectivity index (χ0) is 7.65. The molecule has 0 bridgehead atoms. The minimum atomic E-state index is -4.69. The van der Waals surface area contributed by atoms with Crippen LogP contribution in [0.15, 0.2) is 0 Å². The second kappa shape index (κ2) is 2.54. The van der Waals surface area contributed by atoms with Crippen molar-refractivity contribution in [2.45, 2.75) is 26.2 Å². The third-order valence-corrected chi connectivity index (χ3v) is 0.898. The van der Waals surface area contributed by atoms with Gasteiger partial charge in [0.05, 0.1) is 0 Å². The van der Waals surface area contributed by atoms with Crippen molar-refractivity contribution >= 4 is 0 Å². The van der Waals surface area contributed by atoms with Crippen LogP contribution >= 0.6 is 0 Å². The van der Waals surface area contributed by atoms with E-state index in [1.165, 1.54) is 13.8 Å². The van der Waals surface area contributed by atoms with Crippen molar-refractivity contribution in [3.63, 3.8) is 0 Å². The summed E-state index contributed by atoms with van der Waals surface area (Å²) in [7, 11) is 0. The Bertz CT molecular complexity index is 83.4. The molecule has 0 saturated carbocycles. The molecule has 0 aliphatic carbocycles. The molecule has 0 saturated heterocycles. The first-order valence-corrected chi connectivity index (χ1v) is 2.56. The Morgan fingerprint density at radius 1 is 1.11 bits per heavy atom. The highest BCUT2D eigenvalue weighted by molar-refractivity contribution is 4.68. The second-order valence-electron chi connectivity index (χ2n) is 2.19. The van der Waals surface area contributed by atoms with Crippen LogP contribution in [0, 0.1) is 5.92 Å². The van der Waals surface area contributed by atoms with Crippen molar-refractivity contribution in [2.24, 2.45) is 5.92 Å². The fraction of sp³-hybridized carbons (Fsp3) is 1.00. The van der Waals surface area contributed by atoms with Gasteiger partial charge in [0.2, 0.25) is 0 Å². The molecule has 56 valence electrons. The van der Waals surface area contributed by atoms with E-state index in [-0.39, 0.29) is 0 Å². The molecule has 0 aliphatic heterocycles. The minimum absolute atomic E-state index is 0.981. The van der Waals surface area contributed by atoms with Crippen molar-refractivity contribution in [1.29, 1.82) is 0 Å². The highest BCUT2D eigenvalue weighted by atomic mass is 19.4. The van der Waals surface area contributed by atoms with Crippen LogP contribution in [-0.4, -0.2) is 12.3 Å². The molecule has 0 aliphatic rings. The largest absolute Gasteiger partial charge is 0.419 e. The summed E-state index contributed by atoms with van der Waals surface area (Å²) in [4.78, 5) is 0. The normalized spacial score (nSPS) is 16.3. The van der Waals surface area contributed by atoms with E-state index in [0.717, 1.165) is 0 Å². The van der Waals surface area contributed by atoms with E-state index in [2.05, 4.69) is 0 Å². The molecule has 0 aromatic heterocycles. The highest BCUT2D eigenvalue weighted by Gasteiger charge is 2.41. The Hall–Kier alpha value is -0.280. The van der Waals surface area contributed by atoms with Crippen LogP contribution in [-0.2, 0) is 0 Å². The zero-order valence-electron chi connectivity index (χ0n) is 5.17. The van der Waals surface area contributed by atoms with Gasteiger partial charge >= 0.3 is 6.18 Å². The van der Waals surface area contributed by atoms with E-state index in [9.17, 15) is 17.6 Å². The summed E-state index contributed by atoms with van der Waals surface area (Å²) < 4.78 is 45.9. The van der Waals surface area contributed by atoms with E-state index < -0.39 is 18.3 Å². The number of hydrogen-bond acceptors (Lipinski definition) is 0. The van der Waals surface area contributed by atoms with Crippen LogP contribution in [0.3, 0.4) is 0 Å². The lowest BCUT2D eigenvalue weighted by molar-refractivity contribution is -0.191. The summed E-state index contributed by atoms with van der Waals surface area (Å²) in [6.45, 7) is 2.39. The lowest BCUT2D eigenvalue weighted by atomic mass is 10.1. The van der Waals surface area contributed by atoms with Crippen LogP contribution in [0.4, 0.5) is 17.6 Å². The van der Waals surface area contributed by atoms with Crippen LogP contribution < -0.4 is 0 Å². The molecule has 1 atom stereocenters. The van der Waals surface area contributed by atoms with E-state index in [4.69, 9.17) is 0 Å². The molecule has 0 rings (SSSR count). The third-order valence-electron chi connectivity index (χ3n) is 0.898. The van der Waals surface area contributed by atoms with Gasteiger partial charge < -0.3 is 0 Å². The third kappa shape index (κ3) is 2.67. The van der Waals surface area contributed by atoms with Crippen LogP contribution in [0.25, 0.3) is 0 Å². The van der Waals surface area contributed by atoms with Crippen molar-refractivity contribution in [2.75, 3.05) is 0 Å². The summed E-state index contributed by atoms with van der Waals surface area (Å²) in [5.74, 6) is -0.981. The van der Waals surface area contributed by atoms with Crippen molar-refractivity contribution in [3.8, 4) is 0 Å². The van der Waals surface area contributed by atoms with Crippen LogP contribution in [0.2, 0.25) is 0 Å². The van der Waals surface area contributed by atoms with E-state index >= 15 is 0 Å². The van der Waals surface area contributed by atoms with Gasteiger partial charge in [-0.25, -0.2) is 4.39 Å². The summed E-state index contributed by atoms with van der Waals surface area (Å²) in [5.41, 5.74) is 0. The maximum Gasteiger partial charge on any atom is 0.419 e. The first kappa shape index (κ1) is 8.72. The Morgan fingerprint density at radius 2 is 1.44 bits per heavy atom. The average Bonchev–Trinajstić information content (AvgIpc) is 1.62. The van der Waals surface area contributed by atoms with Crippen LogP contribution in [0.1, 0.15) is 13.8 Å². The van der Waals surface area contributed by atoms with Gasteiger partial charge in [-0.15, -0.1) is 0 Å². The molecule has 0 fully saturated rings. The lowest BCUT2D eigenvalue weighted by Crippen LogP contribution is -2.28. The molecule has 0 spiro atoms. The first-order chi connectivity index (χ1) is 3.85. The Kier molecular flexibility index (Phi) is 2.46. The van der Waals surface area contributed by atoms with Gasteiger partial charge in [0.25, 0.3) is 0 Å². The van der Waals surface area contributed by atoms with Crippen molar-refractivity contribution in [3.05, 3.63) is 0 Å². The van der Waals surface area contributed by atoms with E-state index in [1.807, 2.05) is 0 Å². The Morgan fingerprint density at radius 3 is 1.44 bits per heavy atom. The molecule has 1 unspecified atom stereocenters. The van der Waals surface area contributed by atoms with Crippen molar-refractivity contribution in [1.82, 2.24) is 0 Å². The maximum atomic E-state index is 11.9. The molecule has 4 heteroatoms. The van der Waals surface area contributed by atoms with Gasteiger partial charge in [-0.3, -0.25) is 0 Å². The zero-order valence-corrected chi connectivity index (χ0v) is 5.17. The molecular weight excluding hydrogens is 136 g/mol. The van der Waals surface area contributed by atoms with E-state index in [0.29, 0.717) is 0 Å². The molecular formula is C5H8F4. The van der Waals surface area contributed by atoms with Gasteiger partial charge in [0.1, 0.15) is 0 Å². The molecule has 9 heavy (non-hydrogen) atoms. The number of rotatable bonds is 1. The number of hydrogen-bond donors (Lipinski definition) is 0. The highest BCUT2D eigenvalue weighted by Crippen LogP contribution is 2.27. The predicted molar refractivity (Wildman–Crippen MR) is 25.8 cm³/mol. The molecule has 0 N–H and O–H groups in total. The molecule has 0 aromatic carbocycles. The molecule has 0 radical (unpaired) electrons. The molecule has 0 amide bonds. The summed E-state index contributed by atoms with van der Waals surface area (Å²) in [5, 5.41) is 0. The predicted octanol–water partition coefficient (Wildman–Crippen LogP) is 2.54. The minimum Gasteiger partial charge on any atom is -0.237 e. The summed E-state index contributed by atoms with van der Waals surface area (Å²) in [6.07, 6.45) is -7.37. The van der Waals surface area contributed by atoms with Gasteiger partial charge in [0, 0.05) is 0 Å². The second-order valence-corrected chi connectivity index (χ2v) is 2.19. The SMILES string of the molecule is CC(C)C(F)C(F)(F)F. The first-order valence-electron chi connectivity index (χ1n) is 2.56.